The number of hydrogen-bond acceptors (Lipinski definition) is 22. The number of hydrogen-bond donors (Lipinski definition) is 6. The first kappa shape index (κ1) is 94.9. The average molecular weight is 1700 g/mol. The van der Waals surface area contributed by atoms with Crippen LogP contribution in [-0.4, -0.2) is 197 Å². The van der Waals surface area contributed by atoms with Crippen LogP contribution in [0, 0.1) is 60.2 Å². The first-order chi connectivity index (χ1) is 54.1. The van der Waals surface area contributed by atoms with Crippen LogP contribution in [-0.2, 0) is 42.8 Å². The van der Waals surface area contributed by atoms with Gasteiger partial charge in [0.15, 0.2) is 0 Å². The van der Waals surface area contributed by atoms with Gasteiger partial charge in [-0.2, -0.15) is 9.36 Å². The summed E-state index contributed by atoms with van der Waals surface area (Å²) in [6.45, 7) is 24.8. The molecule has 5 aromatic carbocycles. The number of carbonyl (C=O) groups is 3. The van der Waals surface area contributed by atoms with Crippen LogP contribution in [0.2, 0.25) is 25.1 Å². The quantitative estimate of drug-likeness (QED) is 0.0110. The maximum Gasteiger partial charge on any atom is 0.332 e. The van der Waals surface area contributed by atoms with Crippen LogP contribution < -0.4 is 16.4 Å². The van der Waals surface area contributed by atoms with Gasteiger partial charge in [-0.05, 0) is 250 Å². The minimum Gasteiger partial charge on any atom is -0.464 e. The van der Waals surface area contributed by atoms with E-state index in [1.165, 1.54) is 77.9 Å². The molecule has 1 saturated heterocycles. The van der Waals surface area contributed by atoms with Gasteiger partial charge >= 0.3 is 5.97 Å². The van der Waals surface area contributed by atoms with Crippen molar-refractivity contribution in [1.29, 1.82) is 0 Å². The van der Waals surface area contributed by atoms with Crippen molar-refractivity contribution in [2.45, 2.75) is 165 Å². The number of aliphatic hydroxyl groups is 3. The summed E-state index contributed by atoms with van der Waals surface area (Å²) in [6.07, 6.45) is 17.5. The van der Waals surface area contributed by atoms with Crippen molar-refractivity contribution >= 4 is 116 Å². The molecular weight excluding hydrogens is 1600 g/mol. The summed E-state index contributed by atoms with van der Waals surface area (Å²) in [5, 5.41) is 58.6. The number of aromatic nitrogens is 8. The number of likely N-dealkylation sites (tertiary alicyclic amines) is 1. The third-order valence-corrected chi connectivity index (χ3v) is 19.7. The number of aliphatic hydroxyl groups excluding tert-OH is 3. The van der Waals surface area contributed by atoms with E-state index in [0.717, 1.165) is 30.8 Å². The molecule has 2 aromatic heterocycles. The SMILES string of the molecule is C#CC(C)(C)OCC(=O)OCC.C#CC(C)(C)OCCO.CC(C)(C#Cc1ccc(N)c(Cl)c1)OCCO.CC(C)(C#Cc1ccc(NC(=O)CSc2nnnn2-c2ccc(C3CC3)cc2Cl)c(Cl)c1)OCCN1CCCC1.CC(C)(C#Cc1ccc(NC(=O)CSc2nnnn2-c2ccc(C3CC3)cc2Cl)c(Cl)c1)OCCO. The zero-order valence-electron chi connectivity index (χ0n) is 65.9. The normalized spacial score (nSPS) is 13.2. The number of nitrogens with two attached hydrogens (primary N) is 1. The molecule has 10 rings (SSSR count). The molecule has 7 N–H and O–H groups in total. The van der Waals surface area contributed by atoms with Crippen molar-refractivity contribution in [3.05, 3.63) is 144 Å². The fourth-order valence-corrected chi connectivity index (χ4v) is 12.4. The van der Waals surface area contributed by atoms with Crippen LogP contribution in [0.4, 0.5) is 17.1 Å². The second-order valence-corrected chi connectivity index (χ2v) is 32.2. The number of esters is 1. The number of rotatable bonds is 29. The maximum absolute atomic E-state index is 12.7. The first-order valence-electron chi connectivity index (χ1n) is 36.7. The lowest BCUT2D eigenvalue weighted by atomic mass is 10.1. The van der Waals surface area contributed by atoms with E-state index in [2.05, 4.69) is 105 Å². The summed E-state index contributed by atoms with van der Waals surface area (Å²) in [5.74, 6) is 23.6. The highest BCUT2D eigenvalue weighted by molar-refractivity contribution is 8.00. The number of tetrazole rings is 2. The molecule has 3 heterocycles. The van der Waals surface area contributed by atoms with Gasteiger partial charge in [-0.3, -0.25) is 9.59 Å². The average Bonchev–Trinajstić information content (AvgIpc) is 1.66. The molecule has 24 nitrogen and oxygen atoms in total. The fourth-order valence-electron chi connectivity index (χ4n) is 9.84. The molecule has 0 unspecified atom stereocenters. The molecule has 0 atom stereocenters. The van der Waals surface area contributed by atoms with Gasteiger partial charge in [0.2, 0.25) is 22.1 Å². The summed E-state index contributed by atoms with van der Waals surface area (Å²) in [5.41, 5.74) is 10.0. The van der Waals surface area contributed by atoms with E-state index in [1.807, 2.05) is 77.9 Å². The van der Waals surface area contributed by atoms with Gasteiger partial charge in [0.25, 0.3) is 0 Å². The number of ether oxygens (including phenoxy) is 6. The van der Waals surface area contributed by atoms with E-state index in [9.17, 15) is 14.4 Å². The van der Waals surface area contributed by atoms with E-state index in [4.69, 9.17) is 116 Å². The van der Waals surface area contributed by atoms with Crippen LogP contribution in [0.15, 0.2) is 101 Å². The predicted octanol–water partition coefficient (Wildman–Crippen LogP) is 14.0. The molecule has 610 valence electrons. The van der Waals surface area contributed by atoms with Crippen LogP contribution in [0.25, 0.3) is 11.4 Å². The van der Waals surface area contributed by atoms with Crippen LogP contribution in [0.3, 0.4) is 0 Å². The summed E-state index contributed by atoms with van der Waals surface area (Å²) in [4.78, 5) is 38.5. The van der Waals surface area contributed by atoms with E-state index in [0.29, 0.717) is 101 Å². The van der Waals surface area contributed by atoms with Gasteiger partial charge in [-0.25, -0.2) is 4.79 Å². The van der Waals surface area contributed by atoms with Crippen LogP contribution in [0.1, 0.15) is 154 Å². The highest BCUT2D eigenvalue weighted by Gasteiger charge is 2.28. The lowest BCUT2D eigenvalue weighted by molar-refractivity contribution is -0.151. The van der Waals surface area contributed by atoms with E-state index < -0.39 is 28.0 Å². The third kappa shape index (κ3) is 34.5. The molecule has 0 bridgehead atoms. The number of nitrogens with zero attached hydrogens (tertiary/aromatic N) is 9. The Morgan fingerprint density at radius 3 is 1.28 bits per heavy atom. The Bertz CT molecular complexity index is 4630. The van der Waals surface area contributed by atoms with Crippen molar-refractivity contribution in [3.8, 4) is 71.6 Å². The molecule has 2 amide bonds. The number of benzene rings is 5. The summed E-state index contributed by atoms with van der Waals surface area (Å²) in [6, 6.07) is 27.5. The summed E-state index contributed by atoms with van der Waals surface area (Å²) in [7, 11) is 0. The highest BCUT2D eigenvalue weighted by Crippen LogP contribution is 2.43. The molecule has 114 heavy (non-hydrogen) atoms. The number of thioether (sulfide) groups is 2. The molecule has 2 saturated carbocycles. The Hall–Kier alpha value is -7.96. The Morgan fingerprint density at radius 1 is 0.526 bits per heavy atom. The molecule has 0 radical (unpaired) electrons. The standard InChI is InChI=1S/C29H32Cl2N6O2S.C25H25Cl2N5O3S.C13H16ClNO2.C9H14O3.C7H12O2/c1-29(2,39-16-15-36-13-3-4-14-36)12-11-20-5-9-25(23(30)17-20)32-27(38)19-40-28-33-34-35-37(28)26-10-8-22(18-24(26)31)21-6-7-21;1-25(2,35-12-11-33)10-9-16-3-7-21(19(26)13-16)28-23(34)15-36-24-29-30-31-32(24)22-8-6-18(14-20(22)27)17-4-5-17;1-13(2,17-8-7-16)6-5-10-3-4-12(15)11(14)9-10;1-5-9(3,4)12-7-8(10)11-6-2;1-4-7(2,3)9-6-5-8/h5,8-10,17-18,21H,3-4,6-7,13-16,19H2,1-2H3,(H,32,38);3,6-8,13-14,17,33H,4-5,11-12,15H2,1-2H3,(H,28,34);3-4,9,16H,7-8,15H2,1-2H3;1H,6-7H2,2-4H3;1,8H,5-6H2,2-3H3. The summed E-state index contributed by atoms with van der Waals surface area (Å²) >= 11 is 34.1. The van der Waals surface area contributed by atoms with Crippen molar-refractivity contribution in [2.24, 2.45) is 0 Å². The van der Waals surface area contributed by atoms with Gasteiger partial charge in [-0.15, -0.1) is 23.0 Å². The van der Waals surface area contributed by atoms with Gasteiger partial charge in [0.05, 0.1) is 118 Å². The number of amides is 2. The van der Waals surface area contributed by atoms with E-state index >= 15 is 0 Å². The number of terminal acetylenes is 2. The van der Waals surface area contributed by atoms with Crippen molar-refractivity contribution in [3.63, 3.8) is 0 Å². The zero-order valence-corrected chi connectivity index (χ0v) is 71.3. The second kappa shape index (κ2) is 46.7. The minimum absolute atomic E-state index is 0.0151. The first-order valence-corrected chi connectivity index (χ1v) is 40.6. The number of anilines is 3. The van der Waals surface area contributed by atoms with Gasteiger partial charge in [-0.1, -0.05) is 141 Å². The molecule has 0 spiro atoms. The number of nitrogen functional groups attached to an aromatic ring is 1. The lowest BCUT2D eigenvalue weighted by Gasteiger charge is -2.21. The molecule has 1 aliphatic heterocycles. The Kier molecular flexibility index (Phi) is 38.9. The Balaban J connectivity index is 0.000000247. The highest BCUT2D eigenvalue weighted by atomic mass is 35.5. The zero-order chi connectivity index (χ0) is 83.7. The fraction of sp³-hybridized carbons (Fsp3) is 0.458. The van der Waals surface area contributed by atoms with Gasteiger partial charge in [0, 0.05) is 23.2 Å². The number of nitrogens with one attached hydrogen (secondary N) is 2. The molecule has 2 aliphatic carbocycles. The smallest absolute Gasteiger partial charge is 0.332 e. The van der Waals surface area contributed by atoms with Gasteiger partial charge < -0.3 is 65.0 Å². The number of halogens is 5. The molecular formula is C83H99Cl5N12O12S2. The molecule has 31 heteroatoms. The van der Waals surface area contributed by atoms with Crippen molar-refractivity contribution in [1.82, 2.24) is 45.3 Å². The topological polar surface area (TPSA) is 308 Å². The predicted molar refractivity (Wildman–Crippen MR) is 452 cm³/mol. The van der Waals surface area contributed by atoms with Crippen LogP contribution in [0.5, 0.6) is 0 Å². The largest absolute Gasteiger partial charge is 0.464 e. The molecule has 7 aromatic rings. The van der Waals surface area contributed by atoms with Crippen LogP contribution >= 0.6 is 81.5 Å². The second-order valence-electron chi connectivity index (χ2n) is 28.3. The molecule has 3 aliphatic rings. The third-order valence-electron chi connectivity index (χ3n) is 16.3. The Labute approximate surface area is 702 Å². The lowest BCUT2D eigenvalue weighted by Crippen LogP contribution is -2.29. The van der Waals surface area contributed by atoms with Crippen molar-refractivity contribution < 1.29 is 58.1 Å². The maximum atomic E-state index is 12.7. The minimum atomic E-state index is -0.710. The van der Waals surface area contributed by atoms with E-state index in [-0.39, 0.29) is 68.9 Å². The Morgan fingerprint density at radius 2 is 0.912 bits per heavy atom. The van der Waals surface area contributed by atoms with Gasteiger partial charge in [0.1, 0.15) is 34.6 Å². The molecule has 3 fully saturated rings. The summed E-state index contributed by atoms with van der Waals surface area (Å²) < 4.78 is 34.7. The number of carbonyl (C=O) groups excluding carboxylic acids is 3. The van der Waals surface area contributed by atoms with E-state index in [1.54, 1.807) is 87.8 Å². The monoisotopic (exact) mass is 1690 g/mol. The van der Waals surface area contributed by atoms with Crippen molar-refractivity contribution in [2.75, 3.05) is 107 Å².